The molecule has 0 aliphatic carbocycles. The number of nitrogens with zero attached hydrogens (tertiary/aromatic N) is 4. The number of hydrogen-bond donors (Lipinski definition) is 0. The molecule has 4 heteroatoms. The van der Waals surface area contributed by atoms with Crippen molar-refractivity contribution in [3.05, 3.63) is 144 Å². The molecule has 0 unspecified atom stereocenters. The Morgan fingerprint density at radius 3 is 1.37 bits per heavy atom. The fourth-order valence-electron chi connectivity index (χ4n) is 4.80. The Morgan fingerprint density at radius 2 is 0.907 bits per heavy atom. The number of aryl methyl sites for hydroxylation is 1. The van der Waals surface area contributed by atoms with Crippen molar-refractivity contribution in [3.63, 3.8) is 0 Å². The SMILES string of the molecule is C=Nc1ccccc1N(Cc1ccc(CN(c2cccc(C)c2)c2ccccc2N=C)cc1)c1ccccc1.CC.CC. The number of benzene rings is 5. The third-order valence-corrected chi connectivity index (χ3v) is 6.77. The van der Waals surface area contributed by atoms with Crippen molar-refractivity contribution < 1.29 is 0 Å². The number of anilines is 4. The first-order chi connectivity index (χ1) is 21.2. The molecular weight excluding hydrogens is 524 g/mol. The highest BCUT2D eigenvalue weighted by atomic mass is 15.2. The molecule has 0 heterocycles. The van der Waals surface area contributed by atoms with Gasteiger partial charge in [-0.1, -0.05) is 107 Å². The van der Waals surface area contributed by atoms with E-state index in [1.54, 1.807) is 0 Å². The third-order valence-electron chi connectivity index (χ3n) is 6.77. The van der Waals surface area contributed by atoms with Crippen molar-refractivity contribution in [2.45, 2.75) is 47.7 Å². The summed E-state index contributed by atoms with van der Waals surface area (Å²) in [5.74, 6) is 0. The van der Waals surface area contributed by atoms with Crippen LogP contribution in [0.3, 0.4) is 0 Å². The molecule has 5 rings (SSSR count). The zero-order valence-electron chi connectivity index (χ0n) is 26.2. The van der Waals surface area contributed by atoms with Crippen molar-refractivity contribution in [1.82, 2.24) is 0 Å². The first-order valence-electron chi connectivity index (χ1n) is 15.0. The maximum Gasteiger partial charge on any atom is 0.0859 e. The Hall–Kier alpha value is -4.96. The highest BCUT2D eigenvalue weighted by molar-refractivity contribution is 5.77. The first kappa shape index (κ1) is 32.6. The molecule has 43 heavy (non-hydrogen) atoms. The van der Waals surface area contributed by atoms with Gasteiger partial charge in [0.05, 0.1) is 22.7 Å². The molecule has 4 nitrogen and oxygen atoms in total. The molecule has 0 aliphatic heterocycles. The number of para-hydroxylation sites is 5. The molecule has 0 bridgehead atoms. The first-order valence-corrected chi connectivity index (χ1v) is 15.0. The lowest BCUT2D eigenvalue weighted by Gasteiger charge is -2.28. The normalized spacial score (nSPS) is 9.88. The predicted molar refractivity (Wildman–Crippen MR) is 190 cm³/mol. The van der Waals surface area contributed by atoms with Crippen LogP contribution in [0, 0.1) is 6.92 Å². The second-order valence-corrected chi connectivity index (χ2v) is 9.46. The summed E-state index contributed by atoms with van der Waals surface area (Å²) < 4.78 is 0. The molecule has 0 N–H and O–H groups in total. The van der Waals surface area contributed by atoms with Crippen molar-refractivity contribution in [1.29, 1.82) is 0 Å². The molecule has 5 aromatic carbocycles. The highest BCUT2D eigenvalue weighted by Gasteiger charge is 2.16. The van der Waals surface area contributed by atoms with Crippen LogP contribution >= 0.6 is 0 Å². The van der Waals surface area contributed by atoms with Crippen molar-refractivity contribution >= 4 is 47.6 Å². The Labute approximate surface area is 258 Å². The topological polar surface area (TPSA) is 31.2 Å². The minimum atomic E-state index is 0.710. The maximum absolute atomic E-state index is 4.29. The fourth-order valence-corrected chi connectivity index (χ4v) is 4.80. The molecule has 0 fully saturated rings. The van der Waals surface area contributed by atoms with Crippen LogP contribution in [0.5, 0.6) is 0 Å². The Balaban J connectivity index is 0.00000121. The smallest absolute Gasteiger partial charge is 0.0859 e. The summed E-state index contributed by atoms with van der Waals surface area (Å²) in [6.45, 7) is 19.1. The Kier molecular flexibility index (Phi) is 12.9. The van der Waals surface area contributed by atoms with Crippen LogP contribution in [-0.4, -0.2) is 13.4 Å². The highest BCUT2D eigenvalue weighted by Crippen LogP contribution is 2.37. The van der Waals surface area contributed by atoms with Crippen molar-refractivity contribution in [2.24, 2.45) is 9.98 Å². The lowest BCUT2D eigenvalue weighted by Crippen LogP contribution is -2.18. The summed E-state index contributed by atoms with van der Waals surface area (Å²) in [7, 11) is 0. The lowest BCUT2D eigenvalue weighted by atomic mass is 10.1. The van der Waals surface area contributed by atoms with Crippen LogP contribution in [0.25, 0.3) is 0 Å². The predicted octanol–water partition coefficient (Wildman–Crippen LogP) is 11.4. The largest absolute Gasteiger partial charge is 0.335 e. The lowest BCUT2D eigenvalue weighted by molar-refractivity contribution is 0.954. The van der Waals surface area contributed by atoms with Gasteiger partial charge in [0, 0.05) is 24.5 Å². The quantitative estimate of drug-likeness (QED) is 0.157. The number of aliphatic imine (C=N–C) groups is 2. The summed E-state index contributed by atoms with van der Waals surface area (Å²) in [6, 6.07) is 44.1. The van der Waals surface area contributed by atoms with Crippen LogP contribution in [0.15, 0.2) is 137 Å². The van der Waals surface area contributed by atoms with E-state index in [4.69, 9.17) is 0 Å². The van der Waals surface area contributed by atoms with E-state index in [-0.39, 0.29) is 0 Å². The molecule has 0 atom stereocenters. The van der Waals surface area contributed by atoms with Crippen LogP contribution in [-0.2, 0) is 13.1 Å². The number of rotatable bonds is 10. The van der Waals surface area contributed by atoms with Gasteiger partial charge in [0.1, 0.15) is 0 Å². The average molecular weight is 569 g/mol. The van der Waals surface area contributed by atoms with Gasteiger partial charge in [-0.2, -0.15) is 0 Å². The van der Waals surface area contributed by atoms with E-state index >= 15 is 0 Å². The molecule has 220 valence electrons. The zero-order chi connectivity index (χ0) is 31.0. The molecule has 0 spiro atoms. The van der Waals surface area contributed by atoms with E-state index < -0.39 is 0 Å². The summed E-state index contributed by atoms with van der Waals surface area (Å²) in [5.41, 5.74) is 9.65. The van der Waals surface area contributed by atoms with Crippen LogP contribution in [0.4, 0.5) is 34.1 Å². The van der Waals surface area contributed by atoms with E-state index in [9.17, 15) is 0 Å². The molecule has 0 aliphatic rings. The van der Waals surface area contributed by atoms with Gasteiger partial charge >= 0.3 is 0 Å². The molecule has 0 saturated carbocycles. The molecule has 0 saturated heterocycles. The second-order valence-electron chi connectivity index (χ2n) is 9.46. The van der Waals surface area contributed by atoms with Gasteiger partial charge in [0.2, 0.25) is 0 Å². The molecule has 5 aromatic rings. The van der Waals surface area contributed by atoms with Crippen molar-refractivity contribution in [2.75, 3.05) is 9.80 Å². The second kappa shape index (κ2) is 17.1. The van der Waals surface area contributed by atoms with Gasteiger partial charge in [-0.05, 0) is 85.6 Å². The van der Waals surface area contributed by atoms with Gasteiger partial charge < -0.3 is 9.80 Å². The van der Waals surface area contributed by atoms with E-state index in [0.29, 0.717) is 13.1 Å². The minimum absolute atomic E-state index is 0.710. The Morgan fingerprint density at radius 1 is 0.488 bits per heavy atom. The monoisotopic (exact) mass is 568 g/mol. The van der Waals surface area contributed by atoms with Gasteiger partial charge in [-0.3, -0.25) is 9.98 Å². The number of hydrogen-bond acceptors (Lipinski definition) is 4. The third kappa shape index (κ3) is 8.52. The molecule has 0 radical (unpaired) electrons. The van der Waals surface area contributed by atoms with E-state index in [1.807, 2.05) is 70.2 Å². The van der Waals surface area contributed by atoms with Gasteiger partial charge in [0.15, 0.2) is 0 Å². The molecule has 0 amide bonds. The summed E-state index contributed by atoms with van der Waals surface area (Å²) in [4.78, 5) is 13.1. The average Bonchev–Trinajstić information content (AvgIpc) is 3.09. The maximum atomic E-state index is 4.29. The zero-order valence-corrected chi connectivity index (χ0v) is 26.2. The van der Waals surface area contributed by atoms with Crippen molar-refractivity contribution in [3.8, 4) is 0 Å². The van der Waals surface area contributed by atoms with Crippen LogP contribution in [0.1, 0.15) is 44.4 Å². The van der Waals surface area contributed by atoms with Gasteiger partial charge in [-0.25, -0.2) is 0 Å². The fraction of sp³-hybridized carbons (Fsp3) is 0.179. The summed E-state index contributed by atoms with van der Waals surface area (Å²) in [5, 5.41) is 0. The molecular formula is C39H44N4. The van der Waals surface area contributed by atoms with E-state index in [2.05, 4.69) is 125 Å². The van der Waals surface area contributed by atoms with Gasteiger partial charge in [-0.15, -0.1) is 0 Å². The van der Waals surface area contributed by atoms with Crippen LogP contribution < -0.4 is 9.80 Å². The minimum Gasteiger partial charge on any atom is -0.335 e. The summed E-state index contributed by atoms with van der Waals surface area (Å²) >= 11 is 0. The Bertz CT molecular complexity index is 1560. The van der Waals surface area contributed by atoms with Crippen LogP contribution in [0.2, 0.25) is 0 Å². The standard InChI is InChI=1S/C35H32N4.2C2H6/c1-27-12-11-15-31(24-27)39(35-19-10-8-17-33(35)37-3)26-29-22-20-28(21-23-29)25-38(30-13-5-4-6-14-30)34-18-9-7-16-32(34)36-2;2*1-2/h4-24H,2-3,25-26H2,1H3;2*1-2H3. The molecule has 0 aromatic heterocycles. The summed E-state index contributed by atoms with van der Waals surface area (Å²) in [6.07, 6.45) is 0. The van der Waals surface area contributed by atoms with Gasteiger partial charge in [0.25, 0.3) is 0 Å². The van der Waals surface area contributed by atoms with E-state index in [1.165, 1.54) is 16.7 Å². The van der Waals surface area contributed by atoms with E-state index in [0.717, 1.165) is 34.1 Å².